The average Bonchev–Trinajstić information content (AvgIpc) is 3.11. The van der Waals surface area contributed by atoms with Gasteiger partial charge in [-0.15, -0.1) is 11.3 Å². The predicted molar refractivity (Wildman–Crippen MR) is 83.5 cm³/mol. The summed E-state index contributed by atoms with van der Waals surface area (Å²) >= 11 is 1.51. The molecule has 1 aromatic rings. The van der Waals surface area contributed by atoms with Gasteiger partial charge in [0.05, 0.1) is 4.90 Å². The normalized spacial score (nSPS) is 16.9. The lowest BCUT2D eigenvalue weighted by atomic mass is 10.0. The highest BCUT2D eigenvalue weighted by atomic mass is 32.2. The van der Waals surface area contributed by atoms with Crippen LogP contribution in [-0.4, -0.2) is 31.4 Å². The largest absolute Gasteiger partial charge is 0.309 e. The van der Waals surface area contributed by atoms with E-state index in [1.807, 2.05) is 20.8 Å². The summed E-state index contributed by atoms with van der Waals surface area (Å²) in [6.45, 7) is 6.68. The molecule has 6 heteroatoms. The number of hydrogen-bond donors (Lipinski definition) is 1. The second-order valence-electron chi connectivity index (χ2n) is 6.04. The molecule has 1 saturated carbocycles. The van der Waals surface area contributed by atoms with E-state index >= 15 is 0 Å². The van der Waals surface area contributed by atoms with E-state index in [1.54, 1.807) is 18.5 Å². The molecule has 1 heterocycles. The van der Waals surface area contributed by atoms with Gasteiger partial charge in [0.15, 0.2) is 0 Å². The molecule has 0 radical (unpaired) electrons. The SMILES string of the molecule is CCC(C)(C)N(C)S(=O)(=O)c1csc(CNC2CC2)c1. The monoisotopic (exact) mass is 316 g/mol. The minimum absolute atomic E-state index is 0.368. The van der Waals surface area contributed by atoms with Crippen LogP contribution in [0.1, 0.15) is 44.9 Å². The molecule has 0 unspecified atom stereocenters. The van der Waals surface area contributed by atoms with Crippen LogP contribution in [0.3, 0.4) is 0 Å². The molecule has 0 aromatic carbocycles. The fraction of sp³-hybridized carbons (Fsp3) is 0.714. The molecule has 1 fully saturated rings. The van der Waals surface area contributed by atoms with E-state index in [9.17, 15) is 8.42 Å². The Bertz CT molecular complexity index is 559. The molecule has 114 valence electrons. The second-order valence-corrected chi connectivity index (χ2v) is 9.01. The van der Waals surface area contributed by atoms with E-state index < -0.39 is 10.0 Å². The number of sulfonamides is 1. The third kappa shape index (κ3) is 3.42. The Labute approximate surface area is 126 Å². The topological polar surface area (TPSA) is 49.4 Å². The number of hydrogen-bond acceptors (Lipinski definition) is 4. The number of thiophene rings is 1. The lowest BCUT2D eigenvalue weighted by Gasteiger charge is -2.33. The lowest BCUT2D eigenvalue weighted by Crippen LogP contribution is -2.44. The van der Waals surface area contributed by atoms with Crippen LogP contribution in [0.25, 0.3) is 0 Å². The summed E-state index contributed by atoms with van der Waals surface area (Å²) in [5.41, 5.74) is -0.368. The van der Waals surface area contributed by atoms with Crippen molar-refractivity contribution in [2.45, 2.75) is 63.1 Å². The van der Waals surface area contributed by atoms with Crippen LogP contribution in [0.2, 0.25) is 0 Å². The zero-order valence-electron chi connectivity index (χ0n) is 12.6. The third-order valence-corrected chi connectivity index (χ3v) is 7.28. The Morgan fingerprint density at radius 2 is 2.10 bits per heavy atom. The summed E-state index contributed by atoms with van der Waals surface area (Å²) < 4.78 is 26.7. The molecule has 0 atom stereocenters. The van der Waals surface area contributed by atoms with Crippen molar-refractivity contribution in [3.63, 3.8) is 0 Å². The highest BCUT2D eigenvalue weighted by Gasteiger charge is 2.33. The molecule has 1 aliphatic carbocycles. The molecule has 1 aromatic heterocycles. The summed E-state index contributed by atoms with van der Waals surface area (Å²) in [5.74, 6) is 0. The predicted octanol–water partition coefficient (Wildman–Crippen LogP) is 2.81. The van der Waals surface area contributed by atoms with Crippen LogP contribution >= 0.6 is 11.3 Å². The Balaban J connectivity index is 2.12. The van der Waals surface area contributed by atoms with E-state index in [1.165, 1.54) is 28.5 Å². The summed E-state index contributed by atoms with van der Waals surface area (Å²) in [6.07, 6.45) is 3.26. The summed E-state index contributed by atoms with van der Waals surface area (Å²) in [7, 11) is -1.73. The van der Waals surface area contributed by atoms with Crippen molar-refractivity contribution < 1.29 is 8.42 Å². The molecule has 1 aliphatic rings. The van der Waals surface area contributed by atoms with Gasteiger partial charge in [0, 0.05) is 35.4 Å². The Kier molecular flexibility index (Phi) is 4.59. The molecule has 0 saturated heterocycles. The van der Waals surface area contributed by atoms with Crippen LogP contribution in [-0.2, 0) is 16.6 Å². The molecule has 1 N–H and O–H groups in total. The zero-order chi connectivity index (χ0) is 15.0. The highest BCUT2D eigenvalue weighted by molar-refractivity contribution is 7.89. The summed E-state index contributed by atoms with van der Waals surface area (Å²) in [6, 6.07) is 2.44. The number of nitrogens with one attached hydrogen (secondary N) is 1. The first kappa shape index (κ1) is 15.9. The van der Waals surface area contributed by atoms with Crippen molar-refractivity contribution in [3.05, 3.63) is 16.3 Å². The smallest absolute Gasteiger partial charge is 0.244 e. The van der Waals surface area contributed by atoms with E-state index in [4.69, 9.17) is 0 Å². The van der Waals surface area contributed by atoms with Crippen LogP contribution in [0.5, 0.6) is 0 Å². The van der Waals surface area contributed by atoms with Gasteiger partial charge in [0.1, 0.15) is 0 Å². The first-order valence-electron chi connectivity index (χ1n) is 7.07. The molecule has 0 bridgehead atoms. The van der Waals surface area contributed by atoms with Gasteiger partial charge in [-0.3, -0.25) is 0 Å². The van der Waals surface area contributed by atoms with Crippen molar-refractivity contribution in [1.82, 2.24) is 9.62 Å². The minimum atomic E-state index is -3.39. The maximum absolute atomic E-state index is 12.6. The molecule has 20 heavy (non-hydrogen) atoms. The average molecular weight is 316 g/mol. The van der Waals surface area contributed by atoms with E-state index in [0.717, 1.165) is 17.8 Å². The summed E-state index contributed by atoms with van der Waals surface area (Å²) in [4.78, 5) is 1.50. The lowest BCUT2D eigenvalue weighted by molar-refractivity contribution is 0.257. The molecule has 0 spiro atoms. The zero-order valence-corrected chi connectivity index (χ0v) is 14.3. The second kappa shape index (κ2) is 5.75. The van der Waals surface area contributed by atoms with Crippen molar-refractivity contribution in [1.29, 1.82) is 0 Å². The molecular formula is C14H24N2O2S2. The molecule has 4 nitrogen and oxygen atoms in total. The van der Waals surface area contributed by atoms with E-state index in [0.29, 0.717) is 10.9 Å². The van der Waals surface area contributed by atoms with Gasteiger partial charge >= 0.3 is 0 Å². The van der Waals surface area contributed by atoms with E-state index in [2.05, 4.69) is 5.32 Å². The number of nitrogens with zero attached hydrogens (tertiary/aromatic N) is 1. The van der Waals surface area contributed by atoms with Gasteiger partial charge in [-0.2, -0.15) is 4.31 Å². The maximum Gasteiger partial charge on any atom is 0.244 e. The third-order valence-electron chi connectivity index (χ3n) is 4.15. The van der Waals surface area contributed by atoms with Crippen molar-refractivity contribution >= 4 is 21.4 Å². The number of rotatable bonds is 7. The molecule has 2 rings (SSSR count). The fourth-order valence-electron chi connectivity index (χ4n) is 1.83. The van der Waals surface area contributed by atoms with Crippen LogP contribution < -0.4 is 5.32 Å². The van der Waals surface area contributed by atoms with Crippen molar-refractivity contribution in [3.8, 4) is 0 Å². The molecule has 0 aliphatic heterocycles. The van der Waals surface area contributed by atoms with Crippen molar-refractivity contribution in [2.75, 3.05) is 7.05 Å². The van der Waals surface area contributed by atoms with Crippen LogP contribution in [0, 0.1) is 0 Å². The molecule has 0 amide bonds. The first-order valence-corrected chi connectivity index (χ1v) is 9.39. The van der Waals surface area contributed by atoms with Crippen molar-refractivity contribution in [2.24, 2.45) is 0 Å². The van der Waals surface area contributed by atoms with Gasteiger partial charge in [0.2, 0.25) is 10.0 Å². The quantitative estimate of drug-likeness (QED) is 0.841. The van der Waals surface area contributed by atoms with Gasteiger partial charge in [-0.25, -0.2) is 8.42 Å². The highest BCUT2D eigenvalue weighted by Crippen LogP contribution is 2.28. The summed E-state index contributed by atoms with van der Waals surface area (Å²) in [5, 5.41) is 5.16. The van der Waals surface area contributed by atoms with Crippen LogP contribution in [0.15, 0.2) is 16.3 Å². The maximum atomic E-state index is 12.6. The standard InChI is InChI=1S/C14H24N2O2S2/c1-5-14(2,3)16(4)20(17,18)13-8-12(19-10-13)9-15-11-6-7-11/h8,10-11,15H,5-7,9H2,1-4H3. The first-order chi connectivity index (χ1) is 9.27. The van der Waals surface area contributed by atoms with E-state index in [-0.39, 0.29) is 5.54 Å². The molecular weight excluding hydrogens is 292 g/mol. The van der Waals surface area contributed by atoms with Gasteiger partial charge in [0.25, 0.3) is 0 Å². The Hall–Kier alpha value is -0.430. The minimum Gasteiger partial charge on any atom is -0.309 e. The van der Waals surface area contributed by atoms with Gasteiger partial charge < -0.3 is 5.32 Å². The van der Waals surface area contributed by atoms with Gasteiger partial charge in [-0.1, -0.05) is 6.92 Å². The van der Waals surface area contributed by atoms with Crippen LogP contribution in [0.4, 0.5) is 0 Å². The Morgan fingerprint density at radius 3 is 2.65 bits per heavy atom. The van der Waals surface area contributed by atoms with Gasteiger partial charge in [-0.05, 0) is 39.2 Å². The fourth-order valence-corrected chi connectivity index (χ4v) is 4.62. The Morgan fingerprint density at radius 1 is 1.45 bits per heavy atom.